The number of piperazine rings is 1. The largest absolute Gasteiger partial charge is 0.486 e. The van der Waals surface area contributed by atoms with E-state index in [-0.39, 0.29) is 4.90 Å². The van der Waals surface area contributed by atoms with Crippen LogP contribution >= 0.6 is 0 Å². The molecule has 2 aliphatic rings. The van der Waals surface area contributed by atoms with Gasteiger partial charge in [0.05, 0.1) is 10.3 Å². The van der Waals surface area contributed by atoms with E-state index in [0.29, 0.717) is 50.9 Å². The van der Waals surface area contributed by atoms with Gasteiger partial charge in [-0.2, -0.15) is 4.31 Å². The fourth-order valence-corrected chi connectivity index (χ4v) is 7.05. The third kappa shape index (κ3) is 4.49. The molecule has 0 atom stereocenters. The molecule has 2 aromatic heterocycles. The van der Waals surface area contributed by atoms with E-state index in [4.69, 9.17) is 19.4 Å². The molecule has 2 aliphatic heterocycles. The first kappa shape index (κ1) is 25.6. The summed E-state index contributed by atoms with van der Waals surface area (Å²) in [6, 6.07) is 23.3. The summed E-state index contributed by atoms with van der Waals surface area (Å²) in [6.07, 6.45) is 3.72. The summed E-state index contributed by atoms with van der Waals surface area (Å²) in [5, 5.41) is 0.949. The van der Waals surface area contributed by atoms with Crippen LogP contribution in [0.2, 0.25) is 0 Å². The summed E-state index contributed by atoms with van der Waals surface area (Å²) in [7, 11) is -3.70. The van der Waals surface area contributed by atoms with Crippen LogP contribution in [0.25, 0.3) is 27.8 Å². The van der Waals surface area contributed by atoms with Crippen LogP contribution in [-0.2, 0) is 10.0 Å². The summed E-state index contributed by atoms with van der Waals surface area (Å²) in [6.45, 7) is 4.62. The van der Waals surface area contributed by atoms with Crippen molar-refractivity contribution in [1.82, 2.24) is 18.8 Å². The molecule has 1 fully saturated rings. The predicted octanol–water partition coefficient (Wildman–Crippen LogP) is 4.68. The molecule has 3 aromatic carbocycles. The molecule has 10 heteroatoms. The van der Waals surface area contributed by atoms with Crippen LogP contribution in [0.15, 0.2) is 90.2 Å². The Labute approximate surface area is 238 Å². The summed E-state index contributed by atoms with van der Waals surface area (Å²) in [5.41, 5.74) is 5.11. The standard InChI is InChI=1S/C31H29N5O4S/c1-22-7-5-6-10-26(22)36-20-25(23-8-3-2-4-9-23)29-30(32-21-33-31(29)36)34-13-15-35(16-14-34)41(37,38)24-11-12-27-28(19-24)40-18-17-39-27/h2-12,19-21H,13-18H2,1H3. The second-order valence-corrected chi connectivity index (χ2v) is 12.1. The predicted molar refractivity (Wildman–Crippen MR) is 157 cm³/mol. The summed E-state index contributed by atoms with van der Waals surface area (Å²) < 4.78 is 41.9. The fourth-order valence-electron chi connectivity index (χ4n) is 5.61. The molecule has 1 saturated heterocycles. The van der Waals surface area contributed by atoms with Gasteiger partial charge >= 0.3 is 0 Å². The van der Waals surface area contributed by atoms with Gasteiger partial charge in [0.25, 0.3) is 0 Å². The van der Waals surface area contributed by atoms with Gasteiger partial charge in [-0.1, -0.05) is 48.5 Å². The van der Waals surface area contributed by atoms with E-state index in [9.17, 15) is 8.42 Å². The first-order valence-electron chi connectivity index (χ1n) is 13.6. The first-order valence-corrected chi connectivity index (χ1v) is 15.1. The van der Waals surface area contributed by atoms with Crippen LogP contribution in [0.1, 0.15) is 5.56 Å². The van der Waals surface area contributed by atoms with E-state index in [2.05, 4.69) is 46.9 Å². The molecule has 0 saturated carbocycles. The first-order chi connectivity index (χ1) is 20.0. The van der Waals surface area contributed by atoms with Gasteiger partial charge in [-0.3, -0.25) is 0 Å². The number of benzene rings is 3. The number of ether oxygens (including phenoxy) is 2. The lowest BCUT2D eigenvalue weighted by Crippen LogP contribution is -2.49. The van der Waals surface area contributed by atoms with Gasteiger partial charge in [-0.15, -0.1) is 0 Å². The van der Waals surface area contributed by atoms with Gasteiger partial charge in [-0.25, -0.2) is 18.4 Å². The van der Waals surface area contributed by atoms with Gasteiger partial charge in [0.15, 0.2) is 17.1 Å². The molecule has 9 nitrogen and oxygen atoms in total. The second-order valence-electron chi connectivity index (χ2n) is 10.2. The third-order valence-electron chi connectivity index (χ3n) is 7.71. The van der Waals surface area contributed by atoms with Crippen molar-refractivity contribution in [3.05, 3.63) is 90.9 Å². The number of hydrogen-bond acceptors (Lipinski definition) is 7. The smallest absolute Gasteiger partial charge is 0.243 e. The third-order valence-corrected chi connectivity index (χ3v) is 9.61. The number of nitrogens with zero attached hydrogens (tertiary/aromatic N) is 5. The lowest BCUT2D eigenvalue weighted by Gasteiger charge is -2.35. The van der Waals surface area contributed by atoms with Crippen molar-refractivity contribution in [1.29, 1.82) is 0 Å². The van der Waals surface area contributed by atoms with Crippen LogP contribution in [0.5, 0.6) is 11.5 Å². The summed E-state index contributed by atoms with van der Waals surface area (Å²) in [5.74, 6) is 1.84. The number of para-hydroxylation sites is 1. The molecule has 41 heavy (non-hydrogen) atoms. The minimum Gasteiger partial charge on any atom is -0.486 e. The molecule has 4 heterocycles. The van der Waals surface area contributed by atoms with Crippen LogP contribution in [-0.4, -0.2) is 66.7 Å². The molecule has 0 spiro atoms. The zero-order valence-corrected chi connectivity index (χ0v) is 23.4. The minimum absolute atomic E-state index is 0.210. The normalized spacial score (nSPS) is 15.8. The van der Waals surface area contributed by atoms with Crippen molar-refractivity contribution in [2.75, 3.05) is 44.3 Å². The lowest BCUT2D eigenvalue weighted by atomic mass is 10.1. The van der Waals surface area contributed by atoms with Crippen LogP contribution in [0.3, 0.4) is 0 Å². The van der Waals surface area contributed by atoms with Gasteiger partial charge < -0.3 is 18.9 Å². The van der Waals surface area contributed by atoms with Crippen molar-refractivity contribution in [3.63, 3.8) is 0 Å². The average Bonchev–Trinajstić information content (AvgIpc) is 3.41. The van der Waals surface area contributed by atoms with Crippen molar-refractivity contribution in [2.24, 2.45) is 0 Å². The SMILES string of the molecule is Cc1ccccc1-n1cc(-c2ccccc2)c2c(N3CCN(S(=O)(=O)c4ccc5c(c4)OCCO5)CC3)ncnc21. The van der Waals surface area contributed by atoms with Crippen molar-refractivity contribution >= 4 is 26.9 Å². The molecular formula is C31H29N5O4S. The van der Waals surface area contributed by atoms with Crippen LogP contribution in [0.4, 0.5) is 5.82 Å². The molecule has 208 valence electrons. The fraction of sp³-hybridized carbons (Fsp3) is 0.226. The maximum Gasteiger partial charge on any atom is 0.243 e. The van der Waals surface area contributed by atoms with E-state index in [1.165, 1.54) is 4.31 Å². The zero-order chi connectivity index (χ0) is 28.0. The Balaban J connectivity index is 1.23. The van der Waals surface area contributed by atoms with E-state index < -0.39 is 10.0 Å². The van der Waals surface area contributed by atoms with E-state index in [1.54, 1.807) is 24.5 Å². The molecule has 0 amide bonds. The highest BCUT2D eigenvalue weighted by molar-refractivity contribution is 7.89. The maximum absolute atomic E-state index is 13.5. The highest BCUT2D eigenvalue weighted by Crippen LogP contribution is 2.38. The summed E-state index contributed by atoms with van der Waals surface area (Å²) in [4.78, 5) is 11.8. The van der Waals surface area contributed by atoms with Gasteiger partial charge in [-0.05, 0) is 36.2 Å². The number of rotatable bonds is 5. The number of aryl methyl sites for hydroxylation is 1. The zero-order valence-electron chi connectivity index (χ0n) is 22.6. The van der Waals surface area contributed by atoms with Crippen LogP contribution in [0, 0.1) is 6.92 Å². The molecule has 5 aromatic rings. The Morgan fingerprint density at radius 2 is 1.54 bits per heavy atom. The number of sulfonamides is 1. The van der Waals surface area contributed by atoms with Crippen molar-refractivity contribution < 1.29 is 17.9 Å². The van der Waals surface area contributed by atoms with Gasteiger partial charge in [0, 0.05) is 49.7 Å². The minimum atomic E-state index is -3.70. The quantitative estimate of drug-likeness (QED) is 0.305. The molecule has 0 radical (unpaired) electrons. The van der Waals surface area contributed by atoms with Crippen LogP contribution < -0.4 is 14.4 Å². The maximum atomic E-state index is 13.5. The Morgan fingerprint density at radius 3 is 2.32 bits per heavy atom. The average molecular weight is 568 g/mol. The highest BCUT2D eigenvalue weighted by Gasteiger charge is 2.31. The van der Waals surface area contributed by atoms with Gasteiger partial charge in [0.2, 0.25) is 10.0 Å². The number of fused-ring (bicyclic) bond motifs is 2. The van der Waals surface area contributed by atoms with E-state index >= 15 is 0 Å². The molecular weight excluding hydrogens is 538 g/mol. The number of hydrogen-bond donors (Lipinski definition) is 0. The molecule has 0 N–H and O–H groups in total. The number of aromatic nitrogens is 3. The Hall–Kier alpha value is -4.41. The van der Waals surface area contributed by atoms with E-state index in [1.807, 2.05) is 30.3 Å². The Bertz CT molecular complexity index is 1850. The van der Waals surface area contributed by atoms with Crippen molar-refractivity contribution in [2.45, 2.75) is 11.8 Å². The molecule has 7 rings (SSSR count). The highest BCUT2D eigenvalue weighted by atomic mass is 32.2. The Morgan fingerprint density at radius 1 is 0.805 bits per heavy atom. The van der Waals surface area contributed by atoms with E-state index in [0.717, 1.165) is 39.2 Å². The Kier molecular flexibility index (Phi) is 6.36. The van der Waals surface area contributed by atoms with Crippen molar-refractivity contribution in [3.8, 4) is 28.3 Å². The molecule has 0 aliphatic carbocycles. The number of anilines is 1. The molecule has 0 unspecified atom stereocenters. The lowest BCUT2D eigenvalue weighted by molar-refractivity contribution is 0.171. The summed E-state index contributed by atoms with van der Waals surface area (Å²) >= 11 is 0. The molecule has 0 bridgehead atoms. The second kappa shape index (κ2) is 10.2. The topological polar surface area (TPSA) is 89.8 Å². The van der Waals surface area contributed by atoms with Gasteiger partial charge in [0.1, 0.15) is 25.4 Å². The monoisotopic (exact) mass is 567 g/mol.